The largest absolute Gasteiger partial charge is 0.329 e. The predicted octanol–water partition coefficient (Wildman–Crippen LogP) is 2.51. The lowest BCUT2D eigenvalue weighted by Gasteiger charge is -2.34. The second-order valence-electron chi connectivity index (χ2n) is 4.69. The maximum absolute atomic E-state index is 5.81. The Labute approximate surface area is 104 Å². The van der Waals surface area contributed by atoms with Crippen molar-refractivity contribution in [1.82, 2.24) is 4.90 Å². The summed E-state index contributed by atoms with van der Waals surface area (Å²) in [6.07, 6.45) is 8.36. The fraction of sp³-hybridized carbons (Fsp3) is 0.467. The average Bonchev–Trinajstić information content (AvgIpc) is 2.40. The molecule has 1 atom stereocenters. The van der Waals surface area contributed by atoms with Crippen molar-refractivity contribution < 1.29 is 0 Å². The van der Waals surface area contributed by atoms with Crippen molar-refractivity contribution in [3.05, 3.63) is 42.0 Å². The van der Waals surface area contributed by atoms with Crippen LogP contribution in [0.2, 0.25) is 0 Å². The first-order chi connectivity index (χ1) is 8.40. The van der Waals surface area contributed by atoms with Gasteiger partial charge in [0.25, 0.3) is 0 Å². The quantitative estimate of drug-likeness (QED) is 0.861. The third kappa shape index (κ3) is 3.69. The van der Waals surface area contributed by atoms with Crippen LogP contribution in [0.5, 0.6) is 0 Å². The summed E-state index contributed by atoms with van der Waals surface area (Å²) in [5.74, 6) is 0. The Hall–Kier alpha value is -1.12. The molecule has 2 heteroatoms. The molecule has 1 aromatic carbocycles. The van der Waals surface area contributed by atoms with Crippen LogP contribution in [0.1, 0.15) is 24.8 Å². The highest BCUT2D eigenvalue weighted by atomic mass is 15.2. The monoisotopic (exact) mass is 230 g/mol. The molecule has 0 bridgehead atoms. The fourth-order valence-electron chi connectivity index (χ4n) is 2.46. The van der Waals surface area contributed by atoms with Crippen LogP contribution in [0.15, 0.2) is 36.4 Å². The summed E-state index contributed by atoms with van der Waals surface area (Å²) in [6, 6.07) is 11.0. The second-order valence-corrected chi connectivity index (χ2v) is 4.69. The Balaban J connectivity index is 1.86. The lowest BCUT2D eigenvalue weighted by atomic mass is 10.0. The van der Waals surface area contributed by atoms with Crippen LogP contribution in [-0.2, 0) is 0 Å². The molecule has 0 radical (unpaired) electrons. The van der Waals surface area contributed by atoms with Crippen LogP contribution in [0, 0.1) is 0 Å². The molecule has 1 saturated heterocycles. The zero-order valence-electron chi connectivity index (χ0n) is 10.4. The topological polar surface area (TPSA) is 29.3 Å². The standard InChI is InChI=1S/C15H22N2/c16-13-15-10-4-5-11-17(15)12-6-9-14-7-2-1-3-8-14/h1-3,6-9,15H,4-5,10-13,16H2/b9-6+. The van der Waals surface area contributed by atoms with E-state index >= 15 is 0 Å². The number of piperidine rings is 1. The maximum atomic E-state index is 5.81. The van der Waals surface area contributed by atoms with Crippen molar-refractivity contribution >= 4 is 6.08 Å². The number of hydrogen-bond acceptors (Lipinski definition) is 2. The van der Waals surface area contributed by atoms with Crippen LogP contribution < -0.4 is 5.73 Å². The highest BCUT2D eigenvalue weighted by molar-refractivity contribution is 5.48. The van der Waals surface area contributed by atoms with Gasteiger partial charge in [0.2, 0.25) is 0 Å². The third-order valence-corrected chi connectivity index (χ3v) is 3.47. The molecule has 1 aliphatic heterocycles. The van der Waals surface area contributed by atoms with E-state index < -0.39 is 0 Å². The van der Waals surface area contributed by atoms with Gasteiger partial charge >= 0.3 is 0 Å². The molecule has 2 rings (SSSR count). The van der Waals surface area contributed by atoms with Gasteiger partial charge in [-0.15, -0.1) is 0 Å². The van der Waals surface area contributed by atoms with Gasteiger partial charge in [-0.05, 0) is 24.9 Å². The zero-order valence-corrected chi connectivity index (χ0v) is 10.4. The Morgan fingerprint density at radius 3 is 2.82 bits per heavy atom. The summed E-state index contributed by atoms with van der Waals surface area (Å²) >= 11 is 0. The van der Waals surface area contributed by atoms with Gasteiger partial charge in [0.05, 0.1) is 0 Å². The number of nitrogens with two attached hydrogens (primary N) is 1. The summed E-state index contributed by atoms with van der Waals surface area (Å²) in [5.41, 5.74) is 7.08. The molecular weight excluding hydrogens is 208 g/mol. The molecule has 17 heavy (non-hydrogen) atoms. The van der Waals surface area contributed by atoms with E-state index in [9.17, 15) is 0 Å². The smallest absolute Gasteiger partial charge is 0.0221 e. The number of benzene rings is 1. The van der Waals surface area contributed by atoms with Crippen LogP contribution in [0.25, 0.3) is 6.08 Å². The molecule has 0 aromatic heterocycles. The highest BCUT2D eigenvalue weighted by Gasteiger charge is 2.19. The molecule has 92 valence electrons. The molecule has 0 amide bonds. The molecule has 1 fully saturated rings. The lowest BCUT2D eigenvalue weighted by Crippen LogP contribution is -2.43. The number of likely N-dealkylation sites (tertiary alicyclic amines) is 1. The minimum Gasteiger partial charge on any atom is -0.329 e. The summed E-state index contributed by atoms with van der Waals surface area (Å²) in [6.45, 7) is 3.01. The van der Waals surface area contributed by atoms with Crippen molar-refractivity contribution in [3.63, 3.8) is 0 Å². The minimum atomic E-state index is 0.587. The van der Waals surface area contributed by atoms with E-state index in [-0.39, 0.29) is 0 Å². The second kappa shape index (κ2) is 6.58. The predicted molar refractivity (Wildman–Crippen MR) is 73.7 cm³/mol. The van der Waals surface area contributed by atoms with E-state index in [1.165, 1.54) is 31.4 Å². The summed E-state index contributed by atoms with van der Waals surface area (Å²) in [5, 5.41) is 0. The van der Waals surface area contributed by atoms with Gasteiger partial charge in [-0.3, -0.25) is 4.90 Å². The van der Waals surface area contributed by atoms with Crippen molar-refractivity contribution in [3.8, 4) is 0 Å². The van der Waals surface area contributed by atoms with Gasteiger partial charge in [0, 0.05) is 19.1 Å². The molecule has 2 nitrogen and oxygen atoms in total. The van der Waals surface area contributed by atoms with Crippen LogP contribution in [-0.4, -0.2) is 30.6 Å². The van der Waals surface area contributed by atoms with Crippen LogP contribution in [0.3, 0.4) is 0 Å². The minimum absolute atomic E-state index is 0.587. The molecule has 1 heterocycles. The van der Waals surface area contributed by atoms with Crippen molar-refractivity contribution in [2.45, 2.75) is 25.3 Å². The summed E-state index contributed by atoms with van der Waals surface area (Å²) in [7, 11) is 0. The van der Waals surface area contributed by atoms with E-state index in [4.69, 9.17) is 5.73 Å². The van der Waals surface area contributed by atoms with Gasteiger partial charge in [0.1, 0.15) is 0 Å². The SMILES string of the molecule is NCC1CCCCN1C/C=C/c1ccccc1. The number of rotatable bonds is 4. The van der Waals surface area contributed by atoms with Gasteiger partial charge < -0.3 is 5.73 Å². The molecular formula is C15H22N2. The zero-order chi connectivity index (χ0) is 11.9. The third-order valence-electron chi connectivity index (χ3n) is 3.47. The summed E-state index contributed by atoms with van der Waals surface area (Å²) in [4.78, 5) is 2.50. The molecule has 1 aliphatic rings. The van der Waals surface area contributed by atoms with Gasteiger partial charge in [0.15, 0.2) is 0 Å². The molecule has 1 unspecified atom stereocenters. The molecule has 0 spiro atoms. The molecule has 0 aliphatic carbocycles. The lowest BCUT2D eigenvalue weighted by molar-refractivity contribution is 0.170. The normalized spacial score (nSPS) is 22.1. The van der Waals surface area contributed by atoms with E-state index in [0.29, 0.717) is 6.04 Å². The van der Waals surface area contributed by atoms with Gasteiger partial charge in [-0.1, -0.05) is 48.9 Å². The van der Waals surface area contributed by atoms with Crippen molar-refractivity contribution in [2.24, 2.45) is 5.73 Å². The van der Waals surface area contributed by atoms with E-state index in [1.807, 2.05) is 6.07 Å². The van der Waals surface area contributed by atoms with Crippen LogP contribution in [0.4, 0.5) is 0 Å². The number of nitrogens with zero attached hydrogens (tertiary/aromatic N) is 1. The fourth-order valence-corrected chi connectivity index (χ4v) is 2.46. The van der Waals surface area contributed by atoms with Gasteiger partial charge in [-0.2, -0.15) is 0 Å². The van der Waals surface area contributed by atoms with E-state index in [0.717, 1.165) is 13.1 Å². The van der Waals surface area contributed by atoms with E-state index in [2.05, 4.69) is 41.3 Å². The Bertz CT molecular complexity index is 345. The highest BCUT2D eigenvalue weighted by Crippen LogP contribution is 2.15. The first-order valence-corrected chi connectivity index (χ1v) is 6.56. The average molecular weight is 230 g/mol. The Morgan fingerprint density at radius 2 is 2.06 bits per heavy atom. The maximum Gasteiger partial charge on any atom is 0.0221 e. The van der Waals surface area contributed by atoms with Gasteiger partial charge in [-0.25, -0.2) is 0 Å². The van der Waals surface area contributed by atoms with Crippen molar-refractivity contribution in [2.75, 3.05) is 19.6 Å². The molecule has 2 N–H and O–H groups in total. The first kappa shape index (κ1) is 12.3. The number of hydrogen-bond donors (Lipinski definition) is 1. The first-order valence-electron chi connectivity index (χ1n) is 6.56. The van der Waals surface area contributed by atoms with E-state index in [1.54, 1.807) is 0 Å². The molecule has 0 saturated carbocycles. The Kier molecular flexibility index (Phi) is 4.77. The summed E-state index contributed by atoms with van der Waals surface area (Å²) < 4.78 is 0. The van der Waals surface area contributed by atoms with Crippen LogP contribution >= 0.6 is 0 Å². The van der Waals surface area contributed by atoms with Crippen molar-refractivity contribution in [1.29, 1.82) is 0 Å². The Morgan fingerprint density at radius 1 is 1.24 bits per heavy atom. The molecule has 1 aromatic rings.